The van der Waals surface area contributed by atoms with Crippen molar-refractivity contribution in [3.63, 3.8) is 0 Å². The highest BCUT2D eigenvalue weighted by atomic mass is 16.5. The fourth-order valence-electron chi connectivity index (χ4n) is 1.80. The molecule has 1 aromatic carbocycles. The number of hydrogen-bond donors (Lipinski definition) is 0. The Hall–Kier alpha value is -0.980. The number of ether oxygens (including phenoxy) is 1. The number of fused-ring (bicyclic) bond motifs is 1. The van der Waals surface area contributed by atoms with Crippen molar-refractivity contribution < 1.29 is 4.74 Å². The minimum absolute atomic E-state index is 0.763. The van der Waals surface area contributed by atoms with E-state index in [9.17, 15) is 0 Å². The van der Waals surface area contributed by atoms with Crippen molar-refractivity contribution in [2.24, 2.45) is 0 Å². The van der Waals surface area contributed by atoms with Gasteiger partial charge in [0.15, 0.2) is 0 Å². The normalized spacial score (nSPS) is 12.8. The minimum atomic E-state index is 0.763. The van der Waals surface area contributed by atoms with Gasteiger partial charge in [-0.2, -0.15) is 0 Å². The lowest BCUT2D eigenvalue weighted by atomic mass is 10.1. The van der Waals surface area contributed by atoms with Gasteiger partial charge in [-0.05, 0) is 49.4 Å². The molecule has 0 bridgehead atoms. The lowest BCUT2D eigenvalue weighted by Crippen LogP contribution is -1.92. The van der Waals surface area contributed by atoms with Gasteiger partial charge in [0, 0.05) is 0 Å². The summed E-state index contributed by atoms with van der Waals surface area (Å²) in [5, 5.41) is 0. The van der Waals surface area contributed by atoms with E-state index < -0.39 is 0 Å². The Morgan fingerprint density at radius 1 is 1.14 bits per heavy atom. The van der Waals surface area contributed by atoms with E-state index in [-0.39, 0.29) is 0 Å². The highest BCUT2D eigenvalue weighted by molar-refractivity contribution is 5.38. The van der Waals surface area contributed by atoms with Crippen LogP contribution in [0.4, 0.5) is 0 Å². The summed E-state index contributed by atoms with van der Waals surface area (Å²) in [7, 11) is 0. The predicted molar refractivity (Wildman–Crippen MR) is 61.0 cm³/mol. The molecule has 0 atom stereocenters. The summed E-state index contributed by atoms with van der Waals surface area (Å²) in [6.45, 7) is 6.78. The van der Waals surface area contributed by atoms with Crippen LogP contribution >= 0.6 is 0 Å². The van der Waals surface area contributed by atoms with E-state index in [1.807, 2.05) is 20.8 Å². The van der Waals surface area contributed by atoms with Crippen LogP contribution in [0.15, 0.2) is 18.2 Å². The summed E-state index contributed by atoms with van der Waals surface area (Å²) >= 11 is 0. The number of rotatable bonds is 2. The quantitative estimate of drug-likeness (QED) is 0.695. The fourth-order valence-corrected chi connectivity index (χ4v) is 1.80. The fraction of sp³-hybridized carbons (Fsp3) is 0.538. The van der Waals surface area contributed by atoms with Crippen LogP contribution in [0.5, 0.6) is 5.75 Å². The molecule has 1 aliphatic rings. The van der Waals surface area contributed by atoms with Crippen LogP contribution in [-0.2, 0) is 12.8 Å². The highest BCUT2D eigenvalue weighted by Crippen LogP contribution is 2.25. The maximum Gasteiger partial charge on any atom is 0.119 e. The lowest BCUT2D eigenvalue weighted by Gasteiger charge is -2.04. The summed E-state index contributed by atoms with van der Waals surface area (Å²) in [6.07, 6.45) is 3.79. The topological polar surface area (TPSA) is 9.23 Å². The molecule has 78 valence electrons. The summed E-state index contributed by atoms with van der Waals surface area (Å²) in [6, 6.07) is 6.47. The van der Waals surface area contributed by atoms with Crippen LogP contribution in [0.25, 0.3) is 0 Å². The molecule has 0 aromatic heterocycles. The van der Waals surface area contributed by atoms with Gasteiger partial charge >= 0.3 is 0 Å². The molecule has 0 aliphatic heterocycles. The first-order valence-electron chi connectivity index (χ1n) is 5.65. The SMILES string of the molecule is CC.CCOc1ccc2c(c1)CCC2. The van der Waals surface area contributed by atoms with Crippen LogP contribution in [0.3, 0.4) is 0 Å². The number of aryl methyl sites for hydroxylation is 2. The van der Waals surface area contributed by atoms with Crippen molar-refractivity contribution in [2.75, 3.05) is 6.61 Å². The second-order valence-electron chi connectivity index (χ2n) is 3.22. The predicted octanol–water partition coefficient (Wildman–Crippen LogP) is 3.60. The van der Waals surface area contributed by atoms with Gasteiger partial charge in [0.25, 0.3) is 0 Å². The average Bonchev–Trinajstić information content (AvgIpc) is 2.68. The molecule has 0 amide bonds. The van der Waals surface area contributed by atoms with Gasteiger partial charge in [0.2, 0.25) is 0 Å². The molecule has 1 nitrogen and oxygen atoms in total. The van der Waals surface area contributed by atoms with Crippen molar-refractivity contribution in [3.8, 4) is 5.75 Å². The van der Waals surface area contributed by atoms with E-state index in [0.717, 1.165) is 12.4 Å². The Morgan fingerprint density at radius 3 is 2.57 bits per heavy atom. The molecule has 0 saturated heterocycles. The van der Waals surface area contributed by atoms with Gasteiger partial charge in [-0.15, -0.1) is 0 Å². The Labute approximate surface area is 87.1 Å². The third-order valence-electron chi connectivity index (χ3n) is 2.38. The smallest absolute Gasteiger partial charge is 0.119 e. The van der Waals surface area contributed by atoms with E-state index in [0.29, 0.717) is 0 Å². The molecule has 1 aliphatic carbocycles. The first-order chi connectivity index (χ1) is 6.90. The molecular weight excluding hydrogens is 172 g/mol. The molecule has 0 heterocycles. The zero-order valence-electron chi connectivity index (χ0n) is 9.47. The molecule has 0 radical (unpaired) electrons. The Kier molecular flexibility index (Phi) is 4.51. The van der Waals surface area contributed by atoms with Gasteiger partial charge in [-0.3, -0.25) is 0 Å². The van der Waals surface area contributed by atoms with Crippen molar-refractivity contribution in [2.45, 2.75) is 40.0 Å². The van der Waals surface area contributed by atoms with Crippen LogP contribution in [0.2, 0.25) is 0 Å². The third-order valence-corrected chi connectivity index (χ3v) is 2.38. The van der Waals surface area contributed by atoms with Crippen LogP contribution in [0, 0.1) is 0 Å². The average molecular weight is 192 g/mol. The second kappa shape index (κ2) is 5.69. The molecular formula is C13H20O. The maximum absolute atomic E-state index is 5.43. The van der Waals surface area contributed by atoms with Gasteiger partial charge < -0.3 is 4.74 Å². The zero-order valence-corrected chi connectivity index (χ0v) is 9.47. The molecule has 0 fully saturated rings. The van der Waals surface area contributed by atoms with Crippen molar-refractivity contribution in [3.05, 3.63) is 29.3 Å². The second-order valence-corrected chi connectivity index (χ2v) is 3.22. The number of hydrogen-bond acceptors (Lipinski definition) is 1. The molecule has 1 heteroatoms. The Morgan fingerprint density at radius 2 is 1.86 bits per heavy atom. The highest BCUT2D eigenvalue weighted by Gasteiger charge is 2.10. The molecule has 0 saturated carbocycles. The molecule has 0 spiro atoms. The number of benzene rings is 1. The molecule has 2 rings (SSSR count). The van der Waals surface area contributed by atoms with Crippen molar-refractivity contribution in [1.29, 1.82) is 0 Å². The maximum atomic E-state index is 5.43. The van der Waals surface area contributed by atoms with Crippen molar-refractivity contribution >= 4 is 0 Å². The summed E-state index contributed by atoms with van der Waals surface area (Å²) in [4.78, 5) is 0. The van der Waals surface area contributed by atoms with E-state index in [1.165, 1.54) is 30.4 Å². The Bertz CT molecular complexity index is 279. The van der Waals surface area contributed by atoms with Gasteiger partial charge in [0.1, 0.15) is 5.75 Å². The summed E-state index contributed by atoms with van der Waals surface area (Å²) in [5.74, 6) is 1.03. The van der Waals surface area contributed by atoms with E-state index in [2.05, 4.69) is 18.2 Å². The molecule has 0 N–H and O–H groups in total. The standard InChI is InChI=1S/C11H14O.C2H6/c1-2-12-11-7-6-9-4-3-5-10(9)8-11;1-2/h6-8H,2-5H2,1H3;1-2H3. The van der Waals surface area contributed by atoms with Crippen LogP contribution < -0.4 is 4.74 Å². The summed E-state index contributed by atoms with van der Waals surface area (Å²) < 4.78 is 5.43. The van der Waals surface area contributed by atoms with Gasteiger partial charge in [0.05, 0.1) is 6.61 Å². The summed E-state index contributed by atoms with van der Waals surface area (Å²) in [5.41, 5.74) is 3.00. The minimum Gasteiger partial charge on any atom is -0.494 e. The van der Waals surface area contributed by atoms with E-state index in [1.54, 1.807) is 0 Å². The molecule has 1 aromatic rings. The van der Waals surface area contributed by atoms with Crippen LogP contribution in [0.1, 0.15) is 38.3 Å². The van der Waals surface area contributed by atoms with E-state index in [4.69, 9.17) is 4.74 Å². The zero-order chi connectivity index (χ0) is 10.4. The first-order valence-corrected chi connectivity index (χ1v) is 5.65. The molecule has 0 unspecified atom stereocenters. The largest absolute Gasteiger partial charge is 0.494 e. The van der Waals surface area contributed by atoms with Crippen molar-refractivity contribution in [1.82, 2.24) is 0 Å². The lowest BCUT2D eigenvalue weighted by molar-refractivity contribution is 0.340. The van der Waals surface area contributed by atoms with E-state index >= 15 is 0 Å². The van der Waals surface area contributed by atoms with Crippen LogP contribution in [-0.4, -0.2) is 6.61 Å². The van der Waals surface area contributed by atoms with Gasteiger partial charge in [-0.1, -0.05) is 19.9 Å². The monoisotopic (exact) mass is 192 g/mol. The van der Waals surface area contributed by atoms with Gasteiger partial charge in [-0.25, -0.2) is 0 Å². The first kappa shape index (κ1) is 11.1. The Balaban J connectivity index is 0.000000461. The molecule has 14 heavy (non-hydrogen) atoms. The third kappa shape index (κ3) is 2.50.